The number of nitrogen functional groups attached to an aromatic ring is 2. The second kappa shape index (κ2) is 15.7. The molecule has 1 saturated heterocycles. The number of ketones is 2. The summed E-state index contributed by atoms with van der Waals surface area (Å²) < 4.78 is 16.9. The molecule has 1 fully saturated rings. The van der Waals surface area contributed by atoms with E-state index in [9.17, 15) is 40.2 Å². The number of ether oxygens (including phenoxy) is 3. The molecule has 5 unspecified atom stereocenters. The number of guanidine groups is 1. The van der Waals surface area contributed by atoms with E-state index in [4.69, 9.17) is 31.4 Å². The summed E-state index contributed by atoms with van der Waals surface area (Å²) in [6, 6.07) is 10.6. The van der Waals surface area contributed by atoms with Crippen molar-refractivity contribution in [1.82, 2.24) is 15.3 Å². The van der Waals surface area contributed by atoms with Crippen molar-refractivity contribution >= 4 is 29.2 Å². The van der Waals surface area contributed by atoms with Crippen LogP contribution in [0.25, 0.3) is 0 Å². The molecular weight excluding hydrogens is 730 g/mol. The first-order valence-electron chi connectivity index (χ1n) is 17.5. The first kappa shape index (κ1) is 39.8. The van der Waals surface area contributed by atoms with Gasteiger partial charge in [-0.1, -0.05) is 6.07 Å². The third-order valence-corrected chi connectivity index (χ3v) is 10.1. The largest absolute Gasteiger partial charge is 0.507 e. The van der Waals surface area contributed by atoms with Crippen LogP contribution in [0.5, 0.6) is 17.2 Å². The number of aromatic hydroxyl groups is 1. The second-order valence-corrected chi connectivity index (χ2v) is 13.5. The minimum absolute atomic E-state index is 0.00273. The van der Waals surface area contributed by atoms with Gasteiger partial charge in [0, 0.05) is 48.7 Å². The number of phenolic OH excluding ortho intramolecular Hbond substituents is 1. The fourth-order valence-corrected chi connectivity index (χ4v) is 6.95. The number of aryl methyl sites for hydroxylation is 3. The Balaban J connectivity index is 1.36. The van der Waals surface area contributed by atoms with Gasteiger partial charge in [0.15, 0.2) is 11.7 Å². The highest BCUT2D eigenvalue weighted by Crippen LogP contribution is 2.45. The molecule has 0 radical (unpaired) electrons. The number of anilines is 2. The number of hydrogen-bond acceptors (Lipinski definition) is 16. The lowest BCUT2D eigenvalue weighted by Crippen LogP contribution is -2.74. The van der Waals surface area contributed by atoms with Crippen molar-refractivity contribution in [2.24, 2.45) is 10.7 Å². The van der Waals surface area contributed by atoms with Crippen molar-refractivity contribution in [1.29, 1.82) is 0 Å². The Labute approximate surface area is 320 Å². The molecule has 0 spiro atoms. The first-order chi connectivity index (χ1) is 26.6. The van der Waals surface area contributed by atoms with Crippen LogP contribution in [-0.4, -0.2) is 109 Å². The molecule has 13 N–H and O–H groups in total. The average molecular weight is 774 g/mol. The van der Waals surface area contributed by atoms with E-state index in [-0.39, 0.29) is 58.3 Å². The number of fused-ring (bicyclic) bond motifs is 2. The molecule has 1 aliphatic heterocycles. The van der Waals surface area contributed by atoms with Crippen LogP contribution in [-0.2, 0) is 30.5 Å². The molecule has 2 aromatic heterocycles. The predicted octanol–water partition coefficient (Wildman–Crippen LogP) is -0.548. The van der Waals surface area contributed by atoms with E-state index < -0.39 is 66.0 Å². The standard InChI is InChI=1S/C38H43N7O11/c1-42-36(41)45-16-24-20(5-3-19-4-6-26(39)44-15-19)12-22-29(31(24)48)32(49)28-23(30(22)47)13-21(54-2)14-25(28)55-35-33(50)34(51)37(52,38(53,17-46)56-35)9-7-18-8-10-43-27(40)11-18/h4,6,8,10-15,33-35,46,48,50-53H,3,5,7,9,16-17H2,1-2H3,(H2,39,44)(H2,40,43)(H3,41,42,45). The molecule has 18 nitrogen and oxygen atoms in total. The summed E-state index contributed by atoms with van der Waals surface area (Å²) in [5, 5.41) is 70.4. The number of pyridine rings is 2. The summed E-state index contributed by atoms with van der Waals surface area (Å²) >= 11 is 0. The molecule has 0 bridgehead atoms. The fraction of sp³-hybridized carbons (Fsp3) is 0.342. The van der Waals surface area contributed by atoms with E-state index in [1.165, 1.54) is 44.6 Å². The molecule has 5 atom stereocenters. The van der Waals surface area contributed by atoms with Gasteiger partial charge in [-0.15, -0.1) is 0 Å². The number of carbonyl (C=O) groups is 2. The number of carbonyl (C=O) groups excluding carboxylic acids is 2. The average Bonchev–Trinajstić information content (AvgIpc) is 3.19. The number of nitrogens with zero attached hydrogens (tertiary/aromatic N) is 3. The van der Waals surface area contributed by atoms with Crippen LogP contribution in [0.2, 0.25) is 0 Å². The fourth-order valence-electron chi connectivity index (χ4n) is 6.95. The summed E-state index contributed by atoms with van der Waals surface area (Å²) in [6.45, 7) is -1.34. The van der Waals surface area contributed by atoms with Gasteiger partial charge in [0.25, 0.3) is 0 Å². The summed E-state index contributed by atoms with van der Waals surface area (Å²) in [7, 11) is 2.76. The summed E-state index contributed by atoms with van der Waals surface area (Å²) in [6.07, 6.45) is -2.95. The third kappa shape index (κ3) is 7.28. The van der Waals surface area contributed by atoms with Gasteiger partial charge in [-0.3, -0.25) is 14.6 Å². The monoisotopic (exact) mass is 773 g/mol. The van der Waals surface area contributed by atoms with Crippen LogP contribution in [0.3, 0.4) is 0 Å². The maximum atomic E-state index is 14.5. The zero-order valence-electron chi connectivity index (χ0n) is 30.5. The van der Waals surface area contributed by atoms with Gasteiger partial charge >= 0.3 is 0 Å². The summed E-state index contributed by atoms with van der Waals surface area (Å²) in [4.78, 5) is 40.6. The van der Waals surface area contributed by atoms with Gasteiger partial charge in [0.1, 0.15) is 53.3 Å². The number of aliphatic hydroxyl groups excluding tert-OH is 3. The van der Waals surface area contributed by atoms with E-state index in [0.717, 1.165) is 5.56 Å². The number of aromatic nitrogens is 2. The van der Waals surface area contributed by atoms with E-state index in [1.54, 1.807) is 24.4 Å². The molecule has 3 heterocycles. The van der Waals surface area contributed by atoms with Crippen molar-refractivity contribution in [3.63, 3.8) is 0 Å². The maximum absolute atomic E-state index is 14.5. The molecule has 56 heavy (non-hydrogen) atoms. The van der Waals surface area contributed by atoms with Gasteiger partial charge < -0.3 is 67.4 Å². The number of aliphatic hydroxyl groups is 5. The number of aliphatic imine (C=N–C) groups is 1. The topological polar surface area (TPSA) is 311 Å². The van der Waals surface area contributed by atoms with E-state index >= 15 is 0 Å². The zero-order valence-corrected chi connectivity index (χ0v) is 30.5. The molecule has 296 valence electrons. The summed E-state index contributed by atoms with van der Waals surface area (Å²) in [5.41, 5.74) is 15.9. The van der Waals surface area contributed by atoms with Gasteiger partial charge in [0.2, 0.25) is 17.9 Å². The lowest BCUT2D eigenvalue weighted by atomic mass is 9.77. The number of nitrogens with one attached hydrogen (secondary N) is 1. The SMILES string of the molecule is CN=C(N)NCc1c(CCc2ccc(N)nc2)cc2c(c1O)C(=O)c1c(OC3OC(O)(CO)C(O)(CCc4ccnc(N)c4)C(O)C3O)cc(OC)cc1C2=O. The van der Waals surface area contributed by atoms with E-state index in [1.807, 2.05) is 0 Å². The molecule has 2 aromatic carbocycles. The highest BCUT2D eigenvalue weighted by atomic mass is 16.8. The van der Waals surface area contributed by atoms with Crippen LogP contribution in [0.15, 0.2) is 59.9 Å². The van der Waals surface area contributed by atoms with Crippen molar-refractivity contribution in [3.05, 3.63) is 99.4 Å². The van der Waals surface area contributed by atoms with Crippen LogP contribution in [0.4, 0.5) is 11.6 Å². The molecule has 6 rings (SSSR count). The molecule has 2 aliphatic rings. The number of rotatable bonds is 12. The summed E-state index contributed by atoms with van der Waals surface area (Å²) in [5.74, 6) is -4.74. The Morgan fingerprint density at radius 1 is 0.964 bits per heavy atom. The van der Waals surface area contributed by atoms with E-state index in [2.05, 4.69) is 20.3 Å². The lowest BCUT2D eigenvalue weighted by Gasteiger charge is -2.52. The minimum atomic E-state index is -2.91. The van der Waals surface area contributed by atoms with Gasteiger partial charge in [-0.25, -0.2) is 9.97 Å². The lowest BCUT2D eigenvalue weighted by molar-refractivity contribution is -0.419. The number of hydrogen-bond donors (Lipinski definition) is 10. The molecule has 4 aromatic rings. The molecule has 18 heteroatoms. The van der Waals surface area contributed by atoms with Crippen LogP contribution in [0, 0.1) is 0 Å². The number of methoxy groups -OCH3 is 1. The smallest absolute Gasteiger partial charge is 0.231 e. The molecular formula is C38H43N7O11. The third-order valence-electron chi connectivity index (χ3n) is 10.1. The van der Waals surface area contributed by atoms with Gasteiger partial charge in [0.05, 0.1) is 18.2 Å². The Kier molecular flexibility index (Phi) is 11.2. The van der Waals surface area contributed by atoms with Crippen molar-refractivity contribution < 1.29 is 54.4 Å². The highest BCUT2D eigenvalue weighted by Gasteiger charge is 2.64. The Morgan fingerprint density at radius 2 is 1.71 bits per heavy atom. The van der Waals surface area contributed by atoms with Crippen LogP contribution < -0.4 is 32.0 Å². The van der Waals surface area contributed by atoms with Crippen molar-refractivity contribution in [2.45, 2.75) is 62.1 Å². The molecule has 0 amide bonds. The van der Waals surface area contributed by atoms with Gasteiger partial charge in [-0.05, 0) is 72.7 Å². The zero-order chi connectivity index (χ0) is 40.5. The molecule has 0 saturated carbocycles. The van der Waals surface area contributed by atoms with Crippen LogP contribution in [0.1, 0.15) is 60.5 Å². The van der Waals surface area contributed by atoms with Crippen LogP contribution >= 0.6 is 0 Å². The predicted molar refractivity (Wildman–Crippen MR) is 200 cm³/mol. The quantitative estimate of drug-likeness (QED) is 0.0562. The number of nitrogens with two attached hydrogens (primary N) is 3. The Bertz CT molecular complexity index is 2180. The van der Waals surface area contributed by atoms with Gasteiger partial charge in [-0.2, -0.15) is 0 Å². The van der Waals surface area contributed by atoms with Crippen molar-refractivity contribution in [3.8, 4) is 17.2 Å². The highest BCUT2D eigenvalue weighted by molar-refractivity contribution is 6.30. The normalized spacial score (nSPS) is 23.3. The molecule has 1 aliphatic carbocycles. The maximum Gasteiger partial charge on any atom is 0.231 e. The Hall–Kier alpha value is -5.89. The Morgan fingerprint density at radius 3 is 2.38 bits per heavy atom. The second-order valence-electron chi connectivity index (χ2n) is 13.5. The van der Waals surface area contributed by atoms with E-state index in [0.29, 0.717) is 29.8 Å². The number of benzene rings is 2. The first-order valence-corrected chi connectivity index (χ1v) is 17.5. The van der Waals surface area contributed by atoms with Crippen molar-refractivity contribution in [2.75, 3.05) is 32.2 Å². The minimum Gasteiger partial charge on any atom is -0.507 e. The number of phenols is 1.